The third kappa shape index (κ3) is 2.67. The molecule has 1 aromatic carbocycles. The largest absolute Gasteiger partial charge is 0.366 e. The summed E-state index contributed by atoms with van der Waals surface area (Å²) in [6.07, 6.45) is 1.45. The van der Waals surface area contributed by atoms with Crippen molar-refractivity contribution in [3.8, 4) is 0 Å². The molecule has 0 amide bonds. The second kappa shape index (κ2) is 5.43. The molecule has 1 N–H and O–H groups in total. The highest BCUT2D eigenvalue weighted by Gasteiger charge is 2.13. The van der Waals surface area contributed by atoms with Gasteiger partial charge in [-0.3, -0.25) is 0 Å². The molecule has 0 bridgehead atoms. The fourth-order valence-corrected chi connectivity index (χ4v) is 2.07. The van der Waals surface area contributed by atoms with E-state index in [1.165, 1.54) is 12.4 Å². The highest BCUT2D eigenvalue weighted by molar-refractivity contribution is 5.81. The Morgan fingerprint density at radius 1 is 1.24 bits per heavy atom. The summed E-state index contributed by atoms with van der Waals surface area (Å²) >= 11 is 0. The molecule has 0 atom stereocenters. The maximum atomic E-state index is 13.7. The minimum Gasteiger partial charge on any atom is -0.366 e. The molecule has 0 spiro atoms. The van der Waals surface area contributed by atoms with E-state index in [2.05, 4.69) is 25.6 Å². The Bertz CT molecular complexity index is 767. The van der Waals surface area contributed by atoms with Crippen LogP contribution in [-0.2, 0) is 6.54 Å². The van der Waals surface area contributed by atoms with Gasteiger partial charge in [0.05, 0.1) is 6.54 Å². The van der Waals surface area contributed by atoms with Crippen LogP contribution in [0.3, 0.4) is 0 Å². The van der Waals surface area contributed by atoms with Crippen molar-refractivity contribution >= 4 is 17.0 Å². The van der Waals surface area contributed by atoms with Crippen molar-refractivity contribution in [1.29, 1.82) is 0 Å². The molecule has 3 rings (SSSR count). The van der Waals surface area contributed by atoms with Crippen molar-refractivity contribution in [2.75, 3.05) is 5.32 Å². The summed E-state index contributed by atoms with van der Waals surface area (Å²) in [5.74, 6) is 0.366. The number of aromatic nitrogens is 5. The molecule has 0 radical (unpaired) electrons. The maximum absolute atomic E-state index is 13.7. The van der Waals surface area contributed by atoms with Gasteiger partial charge < -0.3 is 5.32 Å². The molecule has 21 heavy (non-hydrogen) atoms. The van der Waals surface area contributed by atoms with E-state index in [0.29, 0.717) is 22.5 Å². The lowest BCUT2D eigenvalue weighted by molar-refractivity contribution is 0.582. The van der Waals surface area contributed by atoms with Gasteiger partial charge >= 0.3 is 0 Å². The number of nitrogens with zero attached hydrogens (tertiary/aromatic N) is 5. The first-order valence-electron chi connectivity index (χ1n) is 6.69. The molecule has 0 aliphatic rings. The lowest BCUT2D eigenvalue weighted by atomic mass is 10.2. The second-order valence-corrected chi connectivity index (χ2v) is 5.03. The quantitative estimate of drug-likeness (QED) is 0.796. The van der Waals surface area contributed by atoms with E-state index in [0.717, 1.165) is 0 Å². The third-order valence-corrected chi connectivity index (χ3v) is 3.00. The molecule has 7 heteroatoms. The molecular formula is C14H15FN6. The van der Waals surface area contributed by atoms with Crippen LogP contribution in [0.2, 0.25) is 0 Å². The zero-order valence-corrected chi connectivity index (χ0v) is 11.8. The fourth-order valence-electron chi connectivity index (χ4n) is 2.07. The van der Waals surface area contributed by atoms with Gasteiger partial charge in [0.1, 0.15) is 12.1 Å². The lowest BCUT2D eigenvalue weighted by Gasteiger charge is -2.08. The molecule has 2 heterocycles. The van der Waals surface area contributed by atoms with Crippen molar-refractivity contribution in [2.24, 2.45) is 0 Å². The standard InChI is InChI=1S/C14H15FN6/c1-9(2)18-13-12-14(17-8-16-13)21(20-19-12)7-10-5-3-4-6-11(10)15/h3-6,8-9H,7H2,1-2H3,(H,16,17,18). The molecule has 0 aliphatic heterocycles. The zero-order chi connectivity index (χ0) is 14.8. The van der Waals surface area contributed by atoms with Crippen molar-refractivity contribution < 1.29 is 4.39 Å². The molecule has 3 aromatic rings. The number of hydrogen-bond acceptors (Lipinski definition) is 5. The molecular weight excluding hydrogens is 271 g/mol. The highest BCUT2D eigenvalue weighted by atomic mass is 19.1. The van der Waals surface area contributed by atoms with Crippen molar-refractivity contribution in [1.82, 2.24) is 25.0 Å². The van der Waals surface area contributed by atoms with Gasteiger partial charge in [0, 0.05) is 11.6 Å². The first-order valence-corrected chi connectivity index (χ1v) is 6.69. The summed E-state index contributed by atoms with van der Waals surface area (Å²) in [7, 11) is 0. The van der Waals surface area contributed by atoms with Crippen LogP contribution in [-0.4, -0.2) is 31.0 Å². The second-order valence-electron chi connectivity index (χ2n) is 5.03. The van der Waals surface area contributed by atoms with Crippen molar-refractivity contribution in [3.05, 3.63) is 42.0 Å². The molecule has 0 aliphatic carbocycles. The summed E-state index contributed by atoms with van der Waals surface area (Å²) in [6, 6.07) is 6.82. The van der Waals surface area contributed by atoms with Gasteiger partial charge in [-0.1, -0.05) is 23.4 Å². The summed E-state index contributed by atoms with van der Waals surface area (Å²) in [5.41, 5.74) is 1.71. The third-order valence-electron chi connectivity index (χ3n) is 3.00. The smallest absolute Gasteiger partial charge is 0.184 e. The average Bonchev–Trinajstić information content (AvgIpc) is 2.85. The van der Waals surface area contributed by atoms with E-state index in [1.807, 2.05) is 13.8 Å². The highest BCUT2D eigenvalue weighted by Crippen LogP contribution is 2.18. The summed E-state index contributed by atoms with van der Waals surface area (Å²) in [4.78, 5) is 8.37. The SMILES string of the molecule is CC(C)Nc1ncnc2c1nnn2Cc1ccccc1F. The van der Waals surface area contributed by atoms with Crippen molar-refractivity contribution in [2.45, 2.75) is 26.4 Å². The fraction of sp³-hybridized carbons (Fsp3) is 0.286. The molecule has 0 saturated carbocycles. The Balaban J connectivity index is 1.99. The monoisotopic (exact) mass is 286 g/mol. The van der Waals surface area contributed by atoms with Gasteiger partial charge in [0.25, 0.3) is 0 Å². The number of fused-ring (bicyclic) bond motifs is 1. The van der Waals surface area contributed by atoms with Crippen LogP contribution in [0.4, 0.5) is 10.2 Å². The Kier molecular flexibility index (Phi) is 3.47. The number of benzene rings is 1. The Labute approximate surface area is 121 Å². The molecule has 0 saturated heterocycles. The van der Waals surface area contributed by atoms with Crippen molar-refractivity contribution in [3.63, 3.8) is 0 Å². The normalized spacial score (nSPS) is 11.2. The Morgan fingerprint density at radius 2 is 2.05 bits per heavy atom. The lowest BCUT2D eigenvalue weighted by Crippen LogP contribution is -2.11. The van der Waals surface area contributed by atoms with Gasteiger partial charge in [0.15, 0.2) is 17.0 Å². The Hall–Kier alpha value is -2.57. The molecule has 2 aromatic heterocycles. The van der Waals surface area contributed by atoms with Crippen LogP contribution >= 0.6 is 0 Å². The zero-order valence-electron chi connectivity index (χ0n) is 11.8. The van der Waals surface area contributed by atoms with Crippen LogP contribution in [0.25, 0.3) is 11.2 Å². The van der Waals surface area contributed by atoms with E-state index in [4.69, 9.17) is 0 Å². The Morgan fingerprint density at radius 3 is 2.81 bits per heavy atom. The first-order chi connectivity index (χ1) is 10.1. The molecule has 0 unspecified atom stereocenters. The topological polar surface area (TPSA) is 68.5 Å². The number of nitrogens with one attached hydrogen (secondary N) is 1. The van der Waals surface area contributed by atoms with E-state index in [-0.39, 0.29) is 18.4 Å². The predicted molar refractivity (Wildman–Crippen MR) is 77.4 cm³/mol. The molecule has 6 nitrogen and oxygen atoms in total. The van der Waals surface area contributed by atoms with Crippen LogP contribution in [0.1, 0.15) is 19.4 Å². The van der Waals surface area contributed by atoms with Crippen LogP contribution in [0.15, 0.2) is 30.6 Å². The van der Waals surface area contributed by atoms with Gasteiger partial charge in [0.2, 0.25) is 0 Å². The predicted octanol–water partition coefficient (Wildman–Crippen LogP) is 2.23. The summed E-state index contributed by atoms with van der Waals surface area (Å²) in [5, 5.41) is 11.4. The van der Waals surface area contributed by atoms with E-state index >= 15 is 0 Å². The van der Waals surface area contributed by atoms with E-state index in [9.17, 15) is 4.39 Å². The molecule has 0 fully saturated rings. The number of hydrogen-bond donors (Lipinski definition) is 1. The number of anilines is 1. The molecule has 108 valence electrons. The summed E-state index contributed by atoms with van der Waals surface area (Å²) in [6.45, 7) is 4.30. The van der Waals surface area contributed by atoms with Crippen LogP contribution in [0, 0.1) is 5.82 Å². The van der Waals surface area contributed by atoms with Gasteiger partial charge in [-0.2, -0.15) is 0 Å². The first kappa shape index (κ1) is 13.4. The number of halogens is 1. The van der Waals surface area contributed by atoms with Crippen LogP contribution < -0.4 is 5.32 Å². The van der Waals surface area contributed by atoms with E-state index in [1.54, 1.807) is 22.9 Å². The average molecular weight is 286 g/mol. The van der Waals surface area contributed by atoms with Gasteiger partial charge in [-0.25, -0.2) is 19.0 Å². The number of rotatable bonds is 4. The summed E-state index contributed by atoms with van der Waals surface area (Å²) < 4.78 is 15.3. The van der Waals surface area contributed by atoms with Gasteiger partial charge in [-0.05, 0) is 19.9 Å². The maximum Gasteiger partial charge on any atom is 0.184 e. The van der Waals surface area contributed by atoms with Crippen LogP contribution in [0.5, 0.6) is 0 Å². The van der Waals surface area contributed by atoms with Gasteiger partial charge in [-0.15, -0.1) is 5.10 Å². The minimum absolute atomic E-state index is 0.222. The minimum atomic E-state index is -0.268. The van der Waals surface area contributed by atoms with E-state index < -0.39 is 0 Å².